The van der Waals surface area contributed by atoms with Gasteiger partial charge in [0, 0.05) is 23.2 Å². The molecule has 0 bridgehead atoms. The van der Waals surface area contributed by atoms with Gasteiger partial charge in [0.05, 0.1) is 22.3 Å². The lowest BCUT2D eigenvalue weighted by molar-refractivity contribution is 0.0697. The first kappa shape index (κ1) is 24.3. The maximum Gasteiger partial charge on any atom is 0.335 e. The normalized spacial score (nSPS) is 16.2. The molecule has 0 fully saturated rings. The number of imidazole rings is 1. The third-order valence-corrected chi connectivity index (χ3v) is 6.65. The molecule has 0 saturated heterocycles. The van der Waals surface area contributed by atoms with Crippen LogP contribution in [0.1, 0.15) is 56.5 Å². The van der Waals surface area contributed by atoms with Crippen molar-refractivity contribution in [2.75, 3.05) is 0 Å². The maximum atomic E-state index is 11.9. The number of rotatable bonds is 5. The van der Waals surface area contributed by atoms with E-state index in [1.54, 1.807) is 35.4 Å². The Kier molecular flexibility index (Phi) is 6.07. The molecule has 188 valence electrons. The van der Waals surface area contributed by atoms with Crippen LogP contribution in [0.15, 0.2) is 60.1 Å². The van der Waals surface area contributed by atoms with E-state index in [1.165, 1.54) is 6.33 Å². The van der Waals surface area contributed by atoms with E-state index >= 15 is 0 Å². The summed E-state index contributed by atoms with van der Waals surface area (Å²) in [5.41, 5.74) is 4.80. The van der Waals surface area contributed by atoms with Gasteiger partial charge >= 0.3 is 5.97 Å². The van der Waals surface area contributed by atoms with Crippen LogP contribution in [0.4, 0.5) is 0 Å². The number of carboxylic acids is 1. The first-order chi connectivity index (χ1) is 17.7. The number of carboxylic acid groups (broad SMARTS) is 1. The van der Waals surface area contributed by atoms with Crippen LogP contribution < -0.4 is 0 Å². The Balaban J connectivity index is 1.72. The molecule has 2 aromatic heterocycles. The third-order valence-electron chi connectivity index (χ3n) is 6.65. The molecule has 3 heterocycles. The van der Waals surface area contributed by atoms with Gasteiger partial charge in [-0.3, -0.25) is 5.41 Å². The minimum Gasteiger partial charge on any atom is -0.478 e. The molecule has 0 spiro atoms. The van der Waals surface area contributed by atoms with E-state index in [1.807, 2.05) is 12.1 Å². The number of fused-ring (bicyclic) bond motifs is 1. The Bertz CT molecular complexity index is 1570. The molecule has 1 atom stereocenters. The zero-order chi connectivity index (χ0) is 26.3. The molecule has 4 aromatic rings. The van der Waals surface area contributed by atoms with Gasteiger partial charge in [-0.05, 0) is 75.1 Å². The maximum absolute atomic E-state index is 11.9. The van der Waals surface area contributed by atoms with Gasteiger partial charge in [-0.1, -0.05) is 19.1 Å². The minimum atomic E-state index is -1.01. The molecule has 5 rings (SSSR count). The summed E-state index contributed by atoms with van der Waals surface area (Å²) in [7, 11) is 0. The number of carbonyl (C=O) groups is 1. The summed E-state index contributed by atoms with van der Waals surface area (Å²) >= 11 is 0. The SMILES string of the molecule is CCC1CC=C(c2ccc3c(c2)nc(-c2cc(C(=O)O)ccc2-n2cncn2)n3C(C)(C)C)C=NC1=N. The molecule has 9 nitrogen and oxygen atoms in total. The molecule has 9 heteroatoms. The second-order valence-electron chi connectivity index (χ2n) is 10.2. The van der Waals surface area contributed by atoms with Crippen molar-refractivity contribution in [3.63, 3.8) is 0 Å². The number of aromatic nitrogens is 5. The number of amidine groups is 1. The number of allylic oxidation sites excluding steroid dienone is 2. The molecule has 0 radical (unpaired) electrons. The van der Waals surface area contributed by atoms with E-state index in [2.05, 4.69) is 59.5 Å². The Hall–Kier alpha value is -4.40. The first-order valence-corrected chi connectivity index (χ1v) is 12.3. The van der Waals surface area contributed by atoms with Gasteiger partial charge in [-0.15, -0.1) is 0 Å². The zero-order valence-corrected chi connectivity index (χ0v) is 21.3. The van der Waals surface area contributed by atoms with Gasteiger partial charge in [0.25, 0.3) is 0 Å². The number of nitrogens with one attached hydrogen (secondary N) is 1. The number of hydrogen-bond acceptors (Lipinski definition) is 5. The predicted molar refractivity (Wildman–Crippen MR) is 145 cm³/mol. The summed E-state index contributed by atoms with van der Waals surface area (Å²) in [5.74, 6) is 0.168. The lowest BCUT2D eigenvalue weighted by Gasteiger charge is -2.25. The van der Waals surface area contributed by atoms with Crippen molar-refractivity contribution in [3.8, 4) is 17.1 Å². The Morgan fingerprint density at radius 2 is 2.00 bits per heavy atom. The second-order valence-corrected chi connectivity index (χ2v) is 10.2. The zero-order valence-electron chi connectivity index (χ0n) is 21.3. The van der Waals surface area contributed by atoms with E-state index in [0.717, 1.165) is 35.0 Å². The lowest BCUT2D eigenvalue weighted by atomic mass is 9.99. The Morgan fingerprint density at radius 1 is 1.19 bits per heavy atom. The standard InChI is InChI=1S/C28H29N7O2/c1-5-17-6-7-20(14-31-25(17)29)18-8-11-24-22(13-18)33-26(35(24)28(2,3)4)21-12-19(27(36)37)9-10-23(21)34-16-30-15-32-34/h7-17,29H,5-6H2,1-4H3,(H,36,37). The highest BCUT2D eigenvalue weighted by molar-refractivity contribution is 6.15. The Morgan fingerprint density at radius 3 is 2.68 bits per heavy atom. The van der Waals surface area contributed by atoms with Crippen LogP contribution in [-0.4, -0.2) is 47.4 Å². The number of hydrogen-bond donors (Lipinski definition) is 2. The van der Waals surface area contributed by atoms with E-state index in [-0.39, 0.29) is 17.0 Å². The first-order valence-electron chi connectivity index (χ1n) is 12.3. The molecule has 2 aromatic carbocycles. The summed E-state index contributed by atoms with van der Waals surface area (Å²) in [5, 5.41) is 22.2. The van der Waals surface area contributed by atoms with Crippen molar-refractivity contribution in [2.45, 2.75) is 46.1 Å². The van der Waals surface area contributed by atoms with Crippen molar-refractivity contribution >= 4 is 34.6 Å². The Labute approximate surface area is 214 Å². The number of aromatic carboxylic acids is 1. The van der Waals surface area contributed by atoms with Gasteiger partial charge in [0.1, 0.15) is 24.3 Å². The molecule has 1 aliphatic heterocycles. The minimum absolute atomic E-state index is 0.126. The van der Waals surface area contributed by atoms with Crippen molar-refractivity contribution in [1.29, 1.82) is 5.41 Å². The fraction of sp³-hybridized carbons (Fsp3) is 0.286. The third kappa shape index (κ3) is 4.48. The van der Waals surface area contributed by atoms with E-state index in [9.17, 15) is 9.90 Å². The average Bonchev–Trinajstić information content (AvgIpc) is 3.49. The van der Waals surface area contributed by atoms with Gasteiger partial charge < -0.3 is 9.67 Å². The smallest absolute Gasteiger partial charge is 0.335 e. The topological polar surface area (TPSA) is 122 Å². The van der Waals surface area contributed by atoms with Crippen LogP contribution >= 0.6 is 0 Å². The van der Waals surface area contributed by atoms with Gasteiger partial charge in [-0.2, -0.15) is 5.10 Å². The summed E-state index contributed by atoms with van der Waals surface area (Å²) in [6.07, 6.45) is 8.58. The fourth-order valence-electron chi connectivity index (χ4n) is 4.73. The summed E-state index contributed by atoms with van der Waals surface area (Å²) in [6.45, 7) is 8.36. The summed E-state index contributed by atoms with van der Waals surface area (Å²) < 4.78 is 3.75. The number of aliphatic imine (C=N–C) groups is 1. The largest absolute Gasteiger partial charge is 0.478 e. The van der Waals surface area contributed by atoms with Crippen LogP contribution in [0.5, 0.6) is 0 Å². The van der Waals surface area contributed by atoms with E-state index in [4.69, 9.17) is 10.4 Å². The molecule has 0 aliphatic carbocycles. The van der Waals surface area contributed by atoms with Gasteiger partial charge in [-0.25, -0.2) is 24.4 Å². The highest BCUT2D eigenvalue weighted by Crippen LogP contribution is 2.36. The highest BCUT2D eigenvalue weighted by Gasteiger charge is 2.26. The summed E-state index contributed by atoms with van der Waals surface area (Å²) in [4.78, 5) is 25.3. The molecule has 0 saturated carbocycles. The molecule has 0 amide bonds. The van der Waals surface area contributed by atoms with Crippen LogP contribution in [0.3, 0.4) is 0 Å². The van der Waals surface area contributed by atoms with Crippen molar-refractivity contribution in [3.05, 3.63) is 66.3 Å². The van der Waals surface area contributed by atoms with E-state index < -0.39 is 5.97 Å². The predicted octanol–water partition coefficient (Wildman–Crippen LogP) is 5.60. The quantitative estimate of drug-likeness (QED) is 0.373. The number of nitrogens with zero attached hydrogens (tertiary/aromatic N) is 6. The highest BCUT2D eigenvalue weighted by atomic mass is 16.4. The van der Waals surface area contributed by atoms with Crippen molar-refractivity contribution < 1.29 is 9.90 Å². The fourth-order valence-corrected chi connectivity index (χ4v) is 4.73. The molecule has 2 N–H and O–H groups in total. The second kappa shape index (κ2) is 9.24. The van der Waals surface area contributed by atoms with Gasteiger partial charge in [0.2, 0.25) is 0 Å². The van der Waals surface area contributed by atoms with Gasteiger partial charge in [0.15, 0.2) is 0 Å². The average molecular weight is 496 g/mol. The molecule has 37 heavy (non-hydrogen) atoms. The van der Waals surface area contributed by atoms with Crippen molar-refractivity contribution in [2.24, 2.45) is 10.9 Å². The monoisotopic (exact) mass is 495 g/mol. The van der Waals surface area contributed by atoms with Crippen LogP contribution in [0.2, 0.25) is 0 Å². The molecular weight excluding hydrogens is 466 g/mol. The van der Waals surface area contributed by atoms with Crippen LogP contribution in [-0.2, 0) is 5.54 Å². The van der Waals surface area contributed by atoms with Crippen LogP contribution in [0, 0.1) is 11.3 Å². The van der Waals surface area contributed by atoms with E-state index in [0.29, 0.717) is 22.9 Å². The summed E-state index contributed by atoms with van der Waals surface area (Å²) in [6, 6.07) is 11.1. The molecular formula is C28H29N7O2. The lowest BCUT2D eigenvalue weighted by Crippen LogP contribution is -2.23. The number of benzene rings is 2. The molecule has 1 unspecified atom stereocenters. The molecule has 1 aliphatic rings. The van der Waals surface area contributed by atoms with Crippen LogP contribution in [0.25, 0.3) is 33.7 Å². The van der Waals surface area contributed by atoms with Crippen molar-refractivity contribution in [1.82, 2.24) is 24.3 Å².